The van der Waals surface area contributed by atoms with Crippen molar-refractivity contribution in [2.75, 3.05) is 6.61 Å². The summed E-state index contributed by atoms with van der Waals surface area (Å²) in [5.74, 6) is -4.82. The molecule has 12 nitrogen and oxygen atoms in total. The molecule has 3 saturated heterocycles. The normalized spacial score (nSPS) is 49.4. The van der Waals surface area contributed by atoms with Crippen molar-refractivity contribution < 1.29 is 59.5 Å². The lowest BCUT2D eigenvalue weighted by atomic mass is 9.77. The van der Waals surface area contributed by atoms with Crippen LogP contribution in [0.5, 0.6) is 0 Å². The van der Waals surface area contributed by atoms with Crippen LogP contribution in [0.2, 0.25) is 0 Å². The first kappa shape index (κ1) is 43.3. The highest BCUT2D eigenvalue weighted by atomic mass is 16.7. The highest BCUT2D eigenvalue weighted by Gasteiger charge is 2.54. The summed E-state index contributed by atoms with van der Waals surface area (Å²) in [6.07, 6.45) is 4.21. The number of esters is 1. The Kier molecular flexibility index (Phi) is 14.6. The van der Waals surface area contributed by atoms with Crippen LogP contribution in [-0.2, 0) is 23.7 Å². The van der Waals surface area contributed by atoms with Crippen LogP contribution in [0.25, 0.3) is 0 Å². The van der Waals surface area contributed by atoms with E-state index in [0.717, 1.165) is 18.6 Å². The minimum atomic E-state index is -1.95. The van der Waals surface area contributed by atoms with Gasteiger partial charge in [0.15, 0.2) is 11.6 Å². The lowest BCUT2D eigenvalue weighted by Gasteiger charge is -2.53. The lowest BCUT2D eigenvalue weighted by Crippen LogP contribution is -2.59. The van der Waals surface area contributed by atoms with Gasteiger partial charge in [0.1, 0.15) is 11.7 Å². The van der Waals surface area contributed by atoms with E-state index in [1.807, 2.05) is 26.0 Å². The summed E-state index contributed by atoms with van der Waals surface area (Å²) < 4.78 is 25.8. The van der Waals surface area contributed by atoms with Gasteiger partial charge in [0.25, 0.3) is 0 Å². The van der Waals surface area contributed by atoms with Gasteiger partial charge in [-0.2, -0.15) is 0 Å². The molecule has 52 heavy (non-hydrogen) atoms. The molecule has 0 amide bonds. The van der Waals surface area contributed by atoms with Crippen molar-refractivity contribution in [1.29, 1.82) is 0 Å². The molecule has 4 heterocycles. The number of rotatable bonds is 3. The van der Waals surface area contributed by atoms with Gasteiger partial charge in [-0.25, -0.2) is 4.79 Å². The summed E-state index contributed by atoms with van der Waals surface area (Å²) >= 11 is 0. The second-order valence-corrected chi connectivity index (χ2v) is 17.2. The number of hydrogen-bond donors (Lipinski definition) is 7. The number of fused-ring (bicyclic) bond motifs is 3. The number of aliphatic hydroxyl groups is 7. The van der Waals surface area contributed by atoms with E-state index in [1.54, 1.807) is 0 Å². The molecule has 300 valence electrons. The standard InChI is InChI=1S/C40H68O12/c1-8-29(41)19-31-25(3)13-17-39(51-31)21-32-27(5)33(52-39)22-40(48)28(18-24(2)23-49-40)12-10-9-11-15-37(6,46)34(43)20-30(42)26(4)36(45)38(7,47)16-14-35(44)50-32/h10,12,14,16,24-34,36,41-43,45-48H,8-9,11,13,15,17-23H2,1-7H3/b12-10-,16-14+. The first-order chi connectivity index (χ1) is 24.2. The summed E-state index contributed by atoms with van der Waals surface area (Å²) in [6, 6.07) is 0. The Morgan fingerprint density at radius 1 is 0.942 bits per heavy atom. The van der Waals surface area contributed by atoms with Crippen molar-refractivity contribution >= 4 is 5.97 Å². The highest BCUT2D eigenvalue weighted by molar-refractivity contribution is 5.82. The molecule has 7 N–H and O–H groups in total. The fourth-order valence-electron chi connectivity index (χ4n) is 8.35. The Morgan fingerprint density at radius 3 is 2.35 bits per heavy atom. The molecular formula is C40H68O12. The van der Waals surface area contributed by atoms with E-state index in [9.17, 15) is 40.5 Å². The smallest absolute Gasteiger partial charge is 0.330 e. The lowest BCUT2D eigenvalue weighted by molar-refractivity contribution is -0.362. The fourth-order valence-corrected chi connectivity index (χ4v) is 8.35. The number of carbonyl (C=O) groups excluding carboxylic acids is 1. The fraction of sp³-hybridized carbons (Fsp3) is 0.875. The molecule has 16 unspecified atom stereocenters. The molecule has 0 saturated carbocycles. The molecule has 4 rings (SSSR count). The van der Waals surface area contributed by atoms with Crippen LogP contribution < -0.4 is 0 Å². The summed E-state index contributed by atoms with van der Waals surface area (Å²) in [6.45, 7) is 12.7. The molecule has 0 aliphatic carbocycles. The van der Waals surface area contributed by atoms with Crippen molar-refractivity contribution in [2.45, 2.75) is 185 Å². The minimum absolute atomic E-state index is 0.0880. The van der Waals surface area contributed by atoms with E-state index < -0.39 is 77.2 Å². The van der Waals surface area contributed by atoms with Crippen molar-refractivity contribution in [3.63, 3.8) is 0 Å². The second-order valence-electron chi connectivity index (χ2n) is 17.2. The van der Waals surface area contributed by atoms with Crippen LogP contribution in [0, 0.1) is 29.6 Å². The van der Waals surface area contributed by atoms with Crippen molar-refractivity contribution in [3.8, 4) is 0 Å². The zero-order valence-electron chi connectivity index (χ0n) is 32.4. The van der Waals surface area contributed by atoms with Crippen LogP contribution in [0.3, 0.4) is 0 Å². The third-order valence-electron chi connectivity index (χ3n) is 12.5. The monoisotopic (exact) mass is 740 g/mol. The average Bonchev–Trinajstić information content (AvgIpc) is 3.08. The molecule has 16 atom stereocenters. The SMILES string of the molecule is CCC(O)CC1OC2(CCC1C)CC1OC(=O)/C=C/C(C)(O)C(O)C(C)C(O)CC(O)C(C)(O)CCC/C=C\C3CC(C)COC3(O)CC(O2)C1C. The molecule has 0 aromatic carbocycles. The van der Waals surface area contributed by atoms with Gasteiger partial charge < -0.3 is 54.7 Å². The van der Waals surface area contributed by atoms with Crippen LogP contribution in [0.1, 0.15) is 119 Å². The first-order valence-electron chi connectivity index (χ1n) is 19.7. The molecule has 1 spiro atoms. The van der Waals surface area contributed by atoms with E-state index in [4.69, 9.17) is 18.9 Å². The van der Waals surface area contributed by atoms with Crippen LogP contribution in [0.4, 0.5) is 0 Å². The molecule has 2 bridgehead atoms. The molecule has 4 aliphatic heterocycles. The maximum Gasteiger partial charge on any atom is 0.330 e. The Bertz CT molecular complexity index is 1220. The molecule has 0 aromatic heterocycles. The van der Waals surface area contributed by atoms with Crippen molar-refractivity contribution in [1.82, 2.24) is 0 Å². The molecular weight excluding hydrogens is 672 g/mol. The van der Waals surface area contributed by atoms with Gasteiger partial charge in [-0.15, -0.1) is 0 Å². The number of hydrogen-bond acceptors (Lipinski definition) is 12. The summed E-state index contributed by atoms with van der Waals surface area (Å²) in [7, 11) is 0. The third-order valence-corrected chi connectivity index (χ3v) is 12.5. The van der Waals surface area contributed by atoms with Crippen molar-refractivity contribution in [3.05, 3.63) is 24.3 Å². The average molecular weight is 741 g/mol. The Labute approximate surface area is 310 Å². The molecule has 0 aromatic rings. The van der Waals surface area contributed by atoms with E-state index in [-0.39, 0.29) is 49.5 Å². The summed E-state index contributed by atoms with van der Waals surface area (Å²) in [5, 5.41) is 77.8. The van der Waals surface area contributed by atoms with Crippen LogP contribution >= 0.6 is 0 Å². The van der Waals surface area contributed by atoms with Gasteiger partial charge in [0.2, 0.25) is 0 Å². The van der Waals surface area contributed by atoms with Gasteiger partial charge in [-0.3, -0.25) is 0 Å². The predicted molar refractivity (Wildman–Crippen MR) is 193 cm³/mol. The molecule has 12 heteroatoms. The molecule has 3 fully saturated rings. The zero-order valence-corrected chi connectivity index (χ0v) is 32.4. The van der Waals surface area contributed by atoms with Crippen LogP contribution in [0.15, 0.2) is 24.3 Å². The molecule has 0 radical (unpaired) electrons. The Hall–Kier alpha value is -1.45. The van der Waals surface area contributed by atoms with Gasteiger partial charge in [-0.05, 0) is 76.7 Å². The predicted octanol–water partition coefficient (Wildman–Crippen LogP) is 3.65. The van der Waals surface area contributed by atoms with Gasteiger partial charge in [0, 0.05) is 49.5 Å². The van der Waals surface area contributed by atoms with E-state index >= 15 is 0 Å². The number of carbonyl (C=O) groups is 1. The highest BCUT2D eigenvalue weighted by Crippen LogP contribution is 2.48. The maximum atomic E-state index is 13.4. The zero-order chi connectivity index (χ0) is 38.6. The number of aliphatic hydroxyl groups excluding tert-OH is 4. The largest absolute Gasteiger partial charge is 0.459 e. The van der Waals surface area contributed by atoms with Gasteiger partial charge in [0.05, 0.1) is 48.8 Å². The third kappa shape index (κ3) is 10.6. The second kappa shape index (κ2) is 17.6. The van der Waals surface area contributed by atoms with E-state index in [1.165, 1.54) is 20.8 Å². The topological polar surface area (TPSA) is 196 Å². The Balaban J connectivity index is 1.69. The van der Waals surface area contributed by atoms with Gasteiger partial charge in [-0.1, -0.05) is 46.8 Å². The number of ether oxygens (including phenoxy) is 4. The molecule has 4 aliphatic rings. The van der Waals surface area contributed by atoms with Gasteiger partial charge >= 0.3 is 5.97 Å². The summed E-state index contributed by atoms with van der Waals surface area (Å²) in [5.41, 5.74) is -3.48. The quantitative estimate of drug-likeness (QED) is 0.164. The van der Waals surface area contributed by atoms with Crippen LogP contribution in [-0.4, -0.2) is 114 Å². The Morgan fingerprint density at radius 2 is 1.65 bits per heavy atom. The van der Waals surface area contributed by atoms with E-state index in [2.05, 4.69) is 13.8 Å². The van der Waals surface area contributed by atoms with E-state index in [0.29, 0.717) is 45.1 Å². The summed E-state index contributed by atoms with van der Waals surface area (Å²) in [4.78, 5) is 13.4. The van der Waals surface area contributed by atoms with Crippen molar-refractivity contribution in [2.24, 2.45) is 29.6 Å². The first-order valence-corrected chi connectivity index (χ1v) is 19.7. The number of allylic oxidation sites excluding steroid dienone is 1. The minimum Gasteiger partial charge on any atom is -0.459 e. The maximum absolute atomic E-state index is 13.4.